The van der Waals surface area contributed by atoms with Crippen LogP contribution in [0.5, 0.6) is 0 Å². The third-order valence-corrected chi connectivity index (χ3v) is 4.39. The second-order valence-corrected chi connectivity index (χ2v) is 7.65. The maximum absolute atomic E-state index is 12.3. The van der Waals surface area contributed by atoms with Crippen molar-refractivity contribution in [3.63, 3.8) is 0 Å². The summed E-state index contributed by atoms with van der Waals surface area (Å²) in [4.78, 5) is 24.5. The van der Waals surface area contributed by atoms with Crippen LogP contribution in [-0.4, -0.2) is 21.6 Å². The van der Waals surface area contributed by atoms with Crippen LogP contribution in [0.15, 0.2) is 67.0 Å². The summed E-state index contributed by atoms with van der Waals surface area (Å²) in [6.45, 7) is 6.90. The average Bonchev–Trinajstić information content (AvgIpc) is 3.14. The molecule has 3 rings (SSSR count). The van der Waals surface area contributed by atoms with Crippen LogP contribution >= 0.6 is 0 Å². The fourth-order valence-electron chi connectivity index (χ4n) is 2.72. The number of nitrogens with zero attached hydrogens (tertiary/aromatic N) is 2. The van der Waals surface area contributed by atoms with E-state index >= 15 is 0 Å². The second-order valence-electron chi connectivity index (χ2n) is 7.65. The van der Waals surface area contributed by atoms with Crippen LogP contribution in [0, 0.1) is 0 Å². The van der Waals surface area contributed by atoms with Crippen LogP contribution in [0.3, 0.4) is 0 Å². The lowest BCUT2D eigenvalue weighted by atomic mass is 9.87. The molecule has 1 aromatic heterocycles. The number of benzene rings is 2. The van der Waals surface area contributed by atoms with Crippen molar-refractivity contribution in [2.75, 3.05) is 0 Å². The average molecular weight is 376 g/mol. The molecule has 0 aliphatic rings. The molecule has 1 heterocycles. The maximum atomic E-state index is 12.3. The van der Waals surface area contributed by atoms with Gasteiger partial charge in [0.15, 0.2) is 0 Å². The quantitative estimate of drug-likeness (QED) is 0.686. The Kier molecular flexibility index (Phi) is 5.59. The zero-order chi connectivity index (χ0) is 20.1. The minimum absolute atomic E-state index is 0.0170. The molecule has 0 saturated carbocycles. The molecule has 0 unspecified atom stereocenters. The van der Waals surface area contributed by atoms with Gasteiger partial charge in [-0.25, -0.2) is 0 Å². The van der Waals surface area contributed by atoms with Crippen molar-refractivity contribution in [1.82, 2.24) is 20.6 Å². The number of hydrazine groups is 1. The number of nitrogens with one attached hydrogen (secondary N) is 2. The molecule has 0 atom stereocenters. The molecule has 2 aromatic carbocycles. The first kappa shape index (κ1) is 19.4. The highest BCUT2D eigenvalue weighted by atomic mass is 16.2. The highest BCUT2D eigenvalue weighted by Crippen LogP contribution is 2.22. The van der Waals surface area contributed by atoms with E-state index in [0.29, 0.717) is 17.7 Å². The van der Waals surface area contributed by atoms with E-state index in [2.05, 4.69) is 36.7 Å². The SMILES string of the molecule is CC(C)(C)c1ccc(C(=O)NNC(=O)c2cnn(Cc3ccccc3)c2)cc1. The number of aromatic nitrogens is 2. The lowest BCUT2D eigenvalue weighted by Crippen LogP contribution is -2.41. The van der Waals surface area contributed by atoms with E-state index < -0.39 is 5.91 Å². The fraction of sp³-hybridized carbons (Fsp3) is 0.227. The van der Waals surface area contributed by atoms with E-state index in [4.69, 9.17) is 0 Å². The van der Waals surface area contributed by atoms with Gasteiger partial charge in [-0.15, -0.1) is 0 Å². The lowest BCUT2D eigenvalue weighted by molar-refractivity contribution is 0.0846. The van der Waals surface area contributed by atoms with Gasteiger partial charge in [0.1, 0.15) is 0 Å². The molecule has 144 valence electrons. The monoisotopic (exact) mass is 376 g/mol. The van der Waals surface area contributed by atoms with Crippen molar-refractivity contribution in [2.45, 2.75) is 32.7 Å². The second kappa shape index (κ2) is 8.08. The summed E-state index contributed by atoms with van der Waals surface area (Å²) in [6, 6.07) is 17.2. The van der Waals surface area contributed by atoms with Gasteiger partial charge in [-0.3, -0.25) is 25.1 Å². The van der Waals surface area contributed by atoms with Gasteiger partial charge in [0.2, 0.25) is 0 Å². The van der Waals surface area contributed by atoms with Gasteiger partial charge in [-0.2, -0.15) is 5.10 Å². The Morgan fingerprint density at radius 3 is 2.11 bits per heavy atom. The number of carbonyl (C=O) groups excluding carboxylic acids is 2. The summed E-state index contributed by atoms with van der Waals surface area (Å²) in [5, 5.41) is 4.19. The van der Waals surface area contributed by atoms with E-state index in [1.807, 2.05) is 42.5 Å². The lowest BCUT2D eigenvalue weighted by Gasteiger charge is -2.19. The Morgan fingerprint density at radius 2 is 1.50 bits per heavy atom. The molecule has 3 aromatic rings. The molecule has 6 heteroatoms. The van der Waals surface area contributed by atoms with Gasteiger partial charge in [-0.1, -0.05) is 63.2 Å². The van der Waals surface area contributed by atoms with E-state index in [0.717, 1.165) is 11.1 Å². The van der Waals surface area contributed by atoms with Crippen LogP contribution in [0.1, 0.15) is 52.6 Å². The van der Waals surface area contributed by atoms with Crippen molar-refractivity contribution < 1.29 is 9.59 Å². The number of hydrogen-bond acceptors (Lipinski definition) is 3. The topological polar surface area (TPSA) is 76.0 Å². The van der Waals surface area contributed by atoms with Gasteiger partial charge >= 0.3 is 0 Å². The van der Waals surface area contributed by atoms with Crippen molar-refractivity contribution in [3.8, 4) is 0 Å². The molecular weight excluding hydrogens is 352 g/mol. The number of carbonyl (C=O) groups is 2. The minimum atomic E-state index is -0.418. The summed E-state index contributed by atoms with van der Waals surface area (Å²) < 4.78 is 1.68. The van der Waals surface area contributed by atoms with Crippen molar-refractivity contribution in [3.05, 3.63) is 89.2 Å². The van der Waals surface area contributed by atoms with E-state index in [9.17, 15) is 9.59 Å². The molecule has 2 N–H and O–H groups in total. The molecule has 0 radical (unpaired) electrons. The fourth-order valence-corrected chi connectivity index (χ4v) is 2.72. The van der Waals surface area contributed by atoms with Gasteiger partial charge in [-0.05, 0) is 28.7 Å². The summed E-state index contributed by atoms with van der Waals surface area (Å²) in [6.07, 6.45) is 3.12. The molecule has 2 amide bonds. The van der Waals surface area contributed by atoms with Crippen LogP contribution < -0.4 is 10.9 Å². The molecule has 0 aliphatic carbocycles. The van der Waals surface area contributed by atoms with Crippen LogP contribution in [0.2, 0.25) is 0 Å². The highest BCUT2D eigenvalue weighted by Gasteiger charge is 2.15. The van der Waals surface area contributed by atoms with Gasteiger partial charge in [0.05, 0.1) is 18.3 Å². The predicted molar refractivity (Wildman–Crippen MR) is 108 cm³/mol. The van der Waals surface area contributed by atoms with Crippen LogP contribution in [0.4, 0.5) is 0 Å². The first-order valence-electron chi connectivity index (χ1n) is 9.10. The first-order valence-corrected chi connectivity index (χ1v) is 9.10. The van der Waals surface area contributed by atoms with Gasteiger partial charge < -0.3 is 0 Å². The number of rotatable bonds is 4. The molecule has 6 nitrogen and oxygen atoms in total. The summed E-state index contributed by atoms with van der Waals surface area (Å²) in [7, 11) is 0. The summed E-state index contributed by atoms with van der Waals surface area (Å²) in [5.41, 5.74) is 7.96. The third kappa shape index (κ3) is 4.85. The Bertz CT molecular complexity index is 954. The standard InChI is InChI=1S/C22H24N4O2/c1-22(2,3)19-11-9-17(10-12-19)20(27)24-25-21(28)18-13-23-26(15-18)14-16-7-5-4-6-8-16/h4-13,15H,14H2,1-3H3,(H,24,27)(H,25,28). The Labute approximate surface area is 164 Å². The maximum Gasteiger partial charge on any atom is 0.272 e. The van der Waals surface area contributed by atoms with Gasteiger partial charge in [0.25, 0.3) is 11.8 Å². The predicted octanol–water partition coefficient (Wildman–Crippen LogP) is 3.30. The Balaban J connectivity index is 1.56. The largest absolute Gasteiger partial charge is 0.272 e. The number of hydrogen-bond donors (Lipinski definition) is 2. The van der Waals surface area contributed by atoms with E-state index in [1.165, 1.54) is 6.20 Å². The van der Waals surface area contributed by atoms with Crippen molar-refractivity contribution in [1.29, 1.82) is 0 Å². The van der Waals surface area contributed by atoms with E-state index in [1.54, 1.807) is 23.0 Å². The van der Waals surface area contributed by atoms with Gasteiger partial charge in [0, 0.05) is 11.8 Å². The molecular formula is C22H24N4O2. The number of amides is 2. The first-order chi connectivity index (χ1) is 13.3. The zero-order valence-electron chi connectivity index (χ0n) is 16.3. The normalized spacial score (nSPS) is 11.1. The summed E-state index contributed by atoms with van der Waals surface area (Å²) >= 11 is 0. The highest BCUT2D eigenvalue weighted by molar-refractivity contribution is 5.98. The Hall–Kier alpha value is -3.41. The smallest absolute Gasteiger partial charge is 0.268 e. The minimum Gasteiger partial charge on any atom is -0.268 e. The molecule has 0 bridgehead atoms. The van der Waals surface area contributed by atoms with Crippen LogP contribution in [0.25, 0.3) is 0 Å². The Morgan fingerprint density at radius 1 is 0.893 bits per heavy atom. The molecule has 0 aliphatic heterocycles. The van der Waals surface area contributed by atoms with Crippen LogP contribution in [-0.2, 0) is 12.0 Å². The molecule has 0 spiro atoms. The molecule has 0 fully saturated rings. The third-order valence-electron chi connectivity index (χ3n) is 4.39. The van der Waals surface area contributed by atoms with Crippen molar-refractivity contribution >= 4 is 11.8 Å². The van der Waals surface area contributed by atoms with Crippen molar-refractivity contribution in [2.24, 2.45) is 0 Å². The zero-order valence-corrected chi connectivity index (χ0v) is 16.3. The molecule has 0 saturated heterocycles. The van der Waals surface area contributed by atoms with E-state index in [-0.39, 0.29) is 11.3 Å². The molecule has 28 heavy (non-hydrogen) atoms. The summed E-state index contributed by atoms with van der Waals surface area (Å²) in [5.74, 6) is -0.788.